The van der Waals surface area contributed by atoms with Crippen LogP contribution in [-0.4, -0.2) is 27.5 Å². The summed E-state index contributed by atoms with van der Waals surface area (Å²) in [4.78, 5) is 0. The Morgan fingerprint density at radius 1 is 1.53 bits per heavy atom. The lowest BCUT2D eigenvalue weighted by atomic mass is 10.0. The Bertz CT molecular complexity index is 336. The predicted octanol–water partition coefficient (Wildman–Crippen LogP) is 0.649. The van der Waals surface area contributed by atoms with Gasteiger partial charge in [-0.1, -0.05) is 0 Å². The SMILES string of the molecule is CCn1c(CN)nnc1C1CCOC1C. The quantitative estimate of drug-likeness (QED) is 0.795. The molecule has 1 aliphatic rings. The summed E-state index contributed by atoms with van der Waals surface area (Å²) in [5.41, 5.74) is 5.62. The van der Waals surface area contributed by atoms with Crippen molar-refractivity contribution in [3.63, 3.8) is 0 Å². The monoisotopic (exact) mass is 210 g/mol. The maximum Gasteiger partial charge on any atom is 0.146 e. The molecule has 2 unspecified atom stereocenters. The largest absolute Gasteiger partial charge is 0.378 e. The van der Waals surface area contributed by atoms with Crippen LogP contribution in [0.1, 0.15) is 37.8 Å². The molecule has 2 rings (SSSR count). The van der Waals surface area contributed by atoms with Crippen LogP contribution in [-0.2, 0) is 17.8 Å². The van der Waals surface area contributed by atoms with Crippen molar-refractivity contribution in [2.45, 2.75) is 45.4 Å². The normalized spacial score (nSPS) is 26.1. The van der Waals surface area contributed by atoms with Crippen LogP contribution in [0.15, 0.2) is 0 Å². The molecule has 0 saturated carbocycles. The van der Waals surface area contributed by atoms with Crippen LogP contribution in [0, 0.1) is 0 Å². The van der Waals surface area contributed by atoms with Crippen LogP contribution in [0.4, 0.5) is 0 Å². The Morgan fingerprint density at radius 2 is 2.33 bits per heavy atom. The maximum absolute atomic E-state index is 5.62. The van der Waals surface area contributed by atoms with E-state index in [9.17, 15) is 0 Å². The van der Waals surface area contributed by atoms with Crippen molar-refractivity contribution < 1.29 is 4.74 Å². The highest BCUT2D eigenvalue weighted by Gasteiger charge is 2.30. The summed E-state index contributed by atoms with van der Waals surface area (Å²) in [6, 6.07) is 0. The van der Waals surface area contributed by atoms with E-state index in [1.165, 1.54) is 0 Å². The van der Waals surface area contributed by atoms with E-state index in [1.54, 1.807) is 0 Å². The fourth-order valence-corrected chi connectivity index (χ4v) is 2.19. The van der Waals surface area contributed by atoms with Crippen molar-refractivity contribution in [2.24, 2.45) is 5.73 Å². The zero-order valence-corrected chi connectivity index (χ0v) is 9.31. The molecule has 1 aliphatic heterocycles. The number of nitrogens with zero attached hydrogens (tertiary/aromatic N) is 3. The summed E-state index contributed by atoms with van der Waals surface area (Å²) >= 11 is 0. The maximum atomic E-state index is 5.62. The molecule has 2 atom stereocenters. The molecule has 1 aromatic heterocycles. The Labute approximate surface area is 89.6 Å². The lowest BCUT2D eigenvalue weighted by Crippen LogP contribution is -2.17. The molecule has 0 amide bonds. The van der Waals surface area contributed by atoms with Gasteiger partial charge in [0, 0.05) is 19.1 Å². The molecule has 2 heterocycles. The Kier molecular flexibility index (Phi) is 3.02. The lowest BCUT2D eigenvalue weighted by Gasteiger charge is -2.14. The minimum Gasteiger partial charge on any atom is -0.378 e. The molecule has 0 bridgehead atoms. The predicted molar refractivity (Wildman–Crippen MR) is 56.4 cm³/mol. The second kappa shape index (κ2) is 4.28. The highest BCUT2D eigenvalue weighted by atomic mass is 16.5. The van der Waals surface area contributed by atoms with Crippen molar-refractivity contribution in [2.75, 3.05) is 6.61 Å². The summed E-state index contributed by atoms with van der Waals surface area (Å²) in [5.74, 6) is 2.27. The average molecular weight is 210 g/mol. The van der Waals surface area contributed by atoms with Crippen LogP contribution >= 0.6 is 0 Å². The van der Waals surface area contributed by atoms with Gasteiger partial charge in [0.1, 0.15) is 11.6 Å². The molecule has 1 fully saturated rings. The van der Waals surface area contributed by atoms with Gasteiger partial charge in [0.25, 0.3) is 0 Å². The van der Waals surface area contributed by atoms with Crippen LogP contribution in [0.25, 0.3) is 0 Å². The molecule has 0 aliphatic carbocycles. The van der Waals surface area contributed by atoms with E-state index in [2.05, 4.69) is 28.6 Å². The van der Waals surface area contributed by atoms with Gasteiger partial charge in [-0.05, 0) is 20.3 Å². The summed E-state index contributed by atoms with van der Waals surface area (Å²) in [5, 5.41) is 8.36. The van der Waals surface area contributed by atoms with Gasteiger partial charge in [-0.3, -0.25) is 0 Å². The van der Waals surface area contributed by atoms with Crippen LogP contribution < -0.4 is 5.73 Å². The molecule has 1 aromatic rings. The number of nitrogens with two attached hydrogens (primary N) is 1. The lowest BCUT2D eigenvalue weighted by molar-refractivity contribution is 0.116. The number of rotatable bonds is 3. The van der Waals surface area contributed by atoms with Crippen molar-refractivity contribution in [1.82, 2.24) is 14.8 Å². The first-order valence-electron chi connectivity index (χ1n) is 5.51. The first kappa shape index (κ1) is 10.6. The molecule has 0 radical (unpaired) electrons. The number of ether oxygens (including phenoxy) is 1. The Hall–Kier alpha value is -0.940. The van der Waals surface area contributed by atoms with E-state index in [0.29, 0.717) is 12.5 Å². The molecule has 2 N–H and O–H groups in total. The van der Waals surface area contributed by atoms with E-state index in [1.807, 2.05) is 0 Å². The minimum atomic E-state index is 0.241. The summed E-state index contributed by atoms with van der Waals surface area (Å²) < 4.78 is 7.66. The zero-order chi connectivity index (χ0) is 10.8. The second-order valence-electron chi connectivity index (χ2n) is 3.89. The van der Waals surface area contributed by atoms with Gasteiger partial charge in [0.2, 0.25) is 0 Å². The fourth-order valence-electron chi connectivity index (χ4n) is 2.19. The molecule has 1 saturated heterocycles. The van der Waals surface area contributed by atoms with Crippen molar-refractivity contribution in [1.29, 1.82) is 0 Å². The third-order valence-corrected chi connectivity index (χ3v) is 3.06. The van der Waals surface area contributed by atoms with Gasteiger partial charge in [-0.15, -0.1) is 10.2 Å². The molecule has 5 heteroatoms. The first-order chi connectivity index (χ1) is 7.27. The van der Waals surface area contributed by atoms with Crippen molar-refractivity contribution in [3.8, 4) is 0 Å². The summed E-state index contributed by atoms with van der Waals surface area (Å²) in [7, 11) is 0. The molecule has 0 aromatic carbocycles. The van der Waals surface area contributed by atoms with Gasteiger partial charge in [0.15, 0.2) is 0 Å². The van der Waals surface area contributed by atoms with Crippen LogP contribution in [0.3, 0.4) is 0 Å². The van der Waals surface area contributed by atoms with E-state index < -0.39 is 0 Å². The topological polar surface area (TPSA) is 66.0 Å². The molecular weight excluding hydrogens is 192 g/mol. The van der Waals surface area contributed by atoms with E-state index in [-0.39, 0.29) is 6.10 Å². The minimum absolute atomic E-state index is 0.241. The second-order valence-corrected chi connectivity index (χ2v) is 3.89. The molecule has 84 valence electrons. The molecule has 5 nitrogen and oxygen atoms in total. The number of hydrogen-bond donors (Lipinski definition) is 1. The Morgan fingerprint density at radius 3 is 2.87 bits per heavy atom. The highest BCUT2D eigenvalue weighted by Crippen LogP contribution is 2.30. The van der Waals surface area contributed by atoms with E-state index >= 15 is 0 Å². The third kappa shape index (κ3) is 1.77. The van der Waals surface area contributed by atoms with Gasteiger partial charge < -0.3 is 15.0 Å². The average Bonchev–Trinajstić information content (AvgIpc) is 2.82. The number of aromatic nitrogens is 3. The van der Waals surface area contributed by atoms with Crippen LogP contribution in [0.2, 0.25) is 0 Å². The van der Waals surface area contributed by atoms with Gasteiger partial charge in [-0.25, -0.2) is 0 Å². The zero-order valence-electron chi connectivity index (χ0n) is 9.31. The fraction of sp³-hybridized carbons (Fsp3) is 0.800. The van der Waals surface area contributed by atoms with Crippen molar-refractivity contribution in [3.05, 3.63) is 11.6 Å². The van der Waals surface area contributed by atoms with Crippen LogP contribution in [0.5, 0.6) is 0 Å². The molecule has 0 spiro atoms. The first-order valence-corrected chi connectivity index (χ1v) is 5.51. The standard InChI is InChI=1S/C10H18N4O/c1-3-14-9(6-11)12-13-10(14)8-4-5-15-7(8)2/h7-8H,3-6,11H2,1-2H3. The van der Waals surface area contributed by atoms with Gasteiger partial charge in [-0.2, -0.15) is 0 Å². The molecule has 15 heavy (non-hydrogen) atoms. The molecular formula is C10H18N4O. The van der Waals surface area contributed by atoms with Gasteiger partial charge in [0.05, 0.1) is 12.6 Å². The van der Waals surface area contributed by atoms with Gasteiger partial charge >= 0.3 is 0 Å². The summed E-state index contributed by atoms with van der Waals surface area (Å²) in [6.07, 6.45) is 1.27. The van der Waals surface area contributed by atoms with E-state index in [0.717, 1.165) is 31.2 Å². The summed E-state index contributed by atoms with van der Waals surface area (Å²) in [6.45, 7) is 6.32. The van der Waals surface area contributed by atoms with E-state index in [4.69, 9.17) is 10.5 Å². The van der Waals surface area contributed by atoms with Crippen molar-refractivity contribution >= 4 is 0 Å². The smallest absolute Gasteiger partial charge is 0.146 e. The number of hydrogen-bond acceptors (Lipinski definition) is 4. The Balaban J connectivity index is 2.30. The third-order valence-electron chi connectivity index (χ3n) is 3.06. The highest BCUT2D eigenvalue weighted by molar-refractivity contribution is 5.05.